The molecule has 0 aliphatic rings. The normalized spacial score (nSPS) is 10.2. The van der Waals surface area contributed by atoms with Gasteiger partial charge < -0.3 is 13.8 Å². The van der Waals surface area contributed by atoms with Crippen LogP contribution < -0.4 is 4.74 Å². The molecule has 0 atom stereocenters. The number of imidazole rings is 1. The molecule has 1 aromatic carbocycles. The number of aryl methyl sites for hydroxylation is 1. The number of ether oxygens (including phenoxy) is 1. The first-order chi connectivity index (χ1) is 11.7. The molecule has 0 fully saturated rings. The molecule has 0 spiro atoms. The number of hydrogen-bond donors (Lipinski definition) is 0. The molecule has 0 aliphatic carbocycles. The summed E-state index contributed by atoms with van der Waals surface area (Å²) in [5, 5.41) is 22.0. The summed E-state index contributed by atoms with van der Waals surface area (Å²) in [4.78, 5) is 8.19. The minimum absolute atomic E-state index is 0.0699. The van der Waals surface area contributed by atoms with Crippen LogP contribution >= 0.6 is 0 Å². The predicted molar refractivity (Wildman–Crippen MR) is 81.8 cm³/mol. The van der Waals surface area contributed by atoms with Crippen molar-refractivity contribution in [3.8, 4) is 29.3 Å². The summed E-state index contributed by atoms with van der Waals surface area (Å²) in [7, 11) is 1.60. The summed E-state index contributed by atoms with van der Waals surface area (Å²) in [5.74, 6) is 1.46. The fourth-order valence-corrected chi connectivity index (χ4v) is 2.24. The SMILES string of the molecule is COc1cc(-c2noc(Cn3cnc(C#N)c3C#N)n2)ccc1C. The molecule has 8 heteroatoms. The van der Waals surface area contributed by atoms with E-state index in [-0.39, 0.29) is 17.9 Å². The number of rotatable bonds is 4. The molecule has 3 rings (SSSR count). The van der Waals surface area contributed by atoms with Crippen LogP contribution in [0.15, 0.2) is 29.0 Å². The molecule has 0 amide bonds. The smallest absolute Gasteiger partial charge is 0.246 e. The van der Waals surface area contributed by atoms with Gasteiger partial charge in [-0.2, -0.15) is 15.5 Å². The second-order valence-corrected chi connectivity index (χ2v) is 4.99. The van der Waals surface area contributed by atoms with E-state index in [1.807, 2.05) is 37.3 Å². The fourth-order valence-electron chi connectivity index (χ4n) is 2.24. The molecule has 0 saturated heterocycles. The van der Waals surface area contributed by atoms with Gasteiger partial charge in [0.2, 0.25) is 11.7 Å². The molecular formula is C16H12N6O2. The molecule has 118 valence electrons. The zero-order valence-corrected chi connectivity index (χ0v) is 13.0. The molecular weight excluding hydrogens is 308 g/mol. The van der Waals surface area contributed by atoms with E-state index in [1.54, 1.807) is 7.11 Å². The third-order valence-corrected chi connectivity index (χ3v) is 3.49. The molecule has 0 bridgehead atoms. The lowest BCUT2D eigenvalue weighted by atomic mass is 10.1. The lowest BCUT2D eigenvalue weighted by molar-refractivity contribution is 0.371. The Balaban J connectivity index is 1.88. The van der Waals surface area contributed by atoms with Gasteiger partial charge in [0.25, 0.3) is 0 Å². The Morgan fingerprint density at radius 3 is 2.83 bits per heavy atom. The van der Waals surface area contributed by atoms with E-state index < -0.39 is 0 Å². The molecule has 24 heavy (non-hydrogen) atoms. The van der Waals surface area contributed by atoms with Crippen molar-refractivity contribution in [2.45, 2.75) is 13.5 Å². The van der Waals surface area contributed by atoms with Gasteiger partial charge in [-0.15, -0.1) is 0 Å². The topological polar surface area (TPSA) is 114 Å². The van der Waals surface area contributed by atoms with E-state index in [2.05, 4.69) is 15.1 Å². The molecule has 3 aromatic rings. The first-order valence-electron chi connectivity index (χ1n) is 6.99. The van der Waals surface area contributed by atoms with Gasteiger partial charge in [-0.05, 0) is 18.6 Å². The molecule has 0 radical (unpaired) electrons. The zero-order chi connectivity index (χ0) is 17.1. The highest BCUT2D eigenvalue weighted by Gasteiger charge is 2.15. The minimum atomic E-state index is 0.0699. The predicted octanol–water partition coefficient (Wildman–Crippen LogP) is 2.04. The van der Waals surface area contributed by atoms with Gasteiger partial charge in [-0.1, -0.05) is 17.3 Å². The molecule has 0 aliphatic heterocycles. The molecule has 2 aromatic heterocycles. The van der Waals surface area contributed by atoms with Crippen LogP contribution in [0.25, 0.3) is 11.4 Å². The Morgan fingerprint density at radius 2 is 2.12 bits per heavy atom. The lowest BCUT2D eigenvalue weighted by Gasteiger charge is -2.04. The number of benzene rings is 1. The molecule has 0 N–H and O–H groups in total. The largest absolute Gasteiger partial charge is 0.496 e. The second kappa shape index (κ2) is 6.23. The van der Waals surface area contributed by atoms with Crippen LogP contribution in [0.5, 0.6) is 5.75 Å². The highest BCUT2D eigenvalue weighted by molar-refractivity contribution is 5.58. The average molecular weight is 320 g/mol. The quantitative estimate of drug-likeness (QED) is 0.722. The zero-order valence-electron chi connectivity index (χ0n) is 13.0. The molecule has 0 saturated carbocycles. The summed E-state index contributed by atoms with van der Waals surface area (Å²) in [5.41, 5.74) is 2.00. The van der Waals surface area contributed by atoms with Gasteiger partial charge in [0.05, 0.1) is 13.4 Å². The number of nitrogens with zero attached hydrogens (tertiary/aromatic N) is 6. The average Bonchev–Trinajstić information content (AvgIpc) is 3.22. The van der Waals surface area contributed by atoms with Gasteiger partial charge in [-0.3, -0.25) is 0 Å². The summed E-state index contributed by atoms with van der Waals surface area (Å²) in [6, 6.07) is 9.43. The van der Waals surface area contributed by atoms with E-state index in [9.17, 15) is 0 Å². The Morgan fingerprint density at radius 1 is 1.29 bits per heavy atom. The molecule has 0 unspecified atom stereocenters. The van der Waals surface area contributed by atoms with Crippen LogP contribution in [0.2, 0.25) is 0 Å². The maximum atomic E-state index is 9.12. The second-order valence-electron chi connectivity index (χ2n) is 4.99. The van der Waals surface area contributed by atoms with E-state index in [1.165, 1.54) is 10.9 Å². The van der Waals surface area contributed by atoms with Gasteiger partial charge in [-0.25, -0.2) is 4.98 Å². The summed E-state index contributed by atoms with van der Waals surface area (Å²) in [6.45, 7) is 2.10. The van der Waals surface area contributed by atoms with Crippen molar-refractivity contribution < 1.29 is 9.26 Å². The highest BCUT2D eigenvalue weighted by Crippen LogP contribution is 2.25. The third kappa shape index (κ3) is 2.69. The molecule has 2 heterocycles. The first kappa shape index (κ1) is 15.3. The lowest BCUT2D eigenvalue weighted by Crippen LogP contribution is -2.01. The first-order valence-corrected chi connectivity index (χ1v) is 6.99. The Hall–Kier alpha value is -3.65. The number of methoxy groups -OCH3 is 1. The van der Waals surface area contributed by atoms with Crippen molar-refractivity contribution in [1.29, 1.82) is 10.5 Å². The minimum Gasteiger partial charge on any atom is -0.496 e. The number of hydrogen-bond acceptors (Lipinski definition) is 7. The van der Waals surface area contributed by atoms with Crippen LogP contribution in [0.4, 0.5) is 0 Å². The Bertz CT molecular complexity index is 973. The van der Waals surface area contributed by atoms with Crippen LogP contribution in [-0.4, -0.2) is 26.8 Å². The van der Waals surface area contributed by atoms with E-state index in [0.29, 0.717) is 11.7 Å². The monoisotopic (exact) mass is 320 g/mol. The van der Waals surface area contributed by atoms with Crippen molar-refractivity contribution in [3.05, 3.63) is 47.4 Å². The van der Waals surface area contributed by atoms with Gasteiger partial charge >= 0.3 is 0 Å². The number of aromatic nitrogens is 4. The standard InChI is InChI=1S/C16H12N6O2/c1-10-3-4-11(5-14(10)23-2)16-20-15(24-21-16)8-22-9-19-12(6-17)13(22)7-18/h3-5,9H,8H2,1-2H3. The maximum absolute atomic E-state index is 9.12. The fraction of sp³-hybridized carbons (Fsp3) is 0.188. The van der Waals surface area contributed by atoms with Gasteiger partial charge in [0, 0.05) is 5.56 Å². The maximum Gasteiger partial charge on any atom is 0.246 e. The van der Waals surface area contributed by atoms with Crippen LogP contribution in [0.1, 0.15) is 22.8 Å². The van der Waals surface area contributed by atoms with Crippen LogP contribution in [0.3, 0.4) is 0 Å². The molecule has 8 nitrogen and oxygen atoms in total. The highest BCUT2D eigenvalue weighted by atomic mass is 16.5. The van der Waals surface area contributed by atoms with E-state index >= 15 is 0 Å². The van der Waals surface area contributed by atoms with E-state index in [4.69, 9.17) is 19.8 Å². The summed E-state index contributed by atoms with van der Waals surface area (Å²) in [6.07, 6.45) is 1.40. The van der Waals surface area contributed by atoms with Gasteiger partial charge in [0.15, 0.2) is 11.4 Å². The Kier molecular flexibility index (Phi) is 3.96. The third-order valence-electron chi connectivity index (χ3n) is 3.49. The summed E-state index contributed by atoms with van der Waals surface area (Å²) >= 11 is 0. The van der Waals surface area contributed by atoms with Crippen LogP contribution in [-0.2, 0) is 6.54 Å². The van der Waals surface area contributed by atoms with Crippen molar-refractivity contribution in [2.24, 2.45) is 0 Å². The van der Waals surface area contributed by atoms with Gasteiger partial charge in [0.1, 0.15) is 24.4 Å². The Labute approximate surface area is 137 Å². The van der Waals surface area contributed by atoms with Crippen LogP contribution in [0, 0.1) is 29.6 Å². The van der Waals surface area contributed by atoms with Crippen molar-refractivity contribution in [2.75, 3.05) is 7.11 Å². The number of nitriles is 2. The van der Waals surface area contributed by atoms with Crippen molar-refractivity contribution in [3.63, 3.8) is 0 Å². The van der Waals surface area contributed by atoms with Crippen molar-refractivity contribution in [1.82, 2.24) is 19.7 Å². The summed E-state index contributed by atoms with van der Waals surface area (Å²) < 4.78 is 12.0. The van der Waals surface area contributed by atoms with E-state index in [0.717, 1.165) is 16.9 Å². The van der Waals surface area contributed by atoms with Crippen molar-refractivity contribution >= 4 is 0 Å².